The average molecular weight is 127 g/mol. The summed E-state index contributed by atoms with van der Waals surface area (Å²) in [5.74, 6) is 0.770. The zero-order valence-corrected chi connectivity index (χ0v) is 6.65. The van der Waals surface area contributed by atoms with Crippen molar-refractivity contribution in [3.63, 3.8) is 0 Å². The minimum absolute atomic E-state index is 0.770. The van der Waals surface area contributed by atoms with Gasteiger partial charge in [-0.25, -0.2) is 0 Å². The number of allylic oxidation sites excluding steroid dienone is 2. The molecule has 0 radical (unpaired) electrons. The molecule has 0 aromatic heterocycles. The Morgan fingerprint density at radius 3 is 2.67 bits per heavy atom. The summed E-state index contributed by atoms with van der Waals surface area (Å²) in [6, 6.07) is 0. The highest BCUT2D eigenvalue weighted by molar-refractivity contribution is 4.79. The third kappa shape index (κ3) is 5.57. The Balaban J connectivity index is 3.15. The summed E-state index contributed by atoms with van der Waals surface area (Å²) in [6.45, 7) is 5.42. The Kier molecular flexibility index (Phi) is 5.64. The lowest BCUT2D eigenvalue weighted by molar-refractivity contribution is 0.551. The third-order valence-electron chi connectivity index (χ3n) is 1.33. The van der Waals surface area contributed by atoms with Crippen molar-refractivity contribution < 1.29 is 0 Å². The molecule has 1 unspecified atom stereocenters. The molecule has 0 rings (SSSR count). The molecule has 54 valence electrons. The van der Waals surface area contributed by atoms with Crippen molar-refractivity contribution >= 4 is 0 Å². The molecule has 1 atom stereocenters. The maximum Gasteiger partial charge on any atom is -0.00232 e. The second-order valence-corrected chi connectivity index (χ2v) is 2.47. The first kappa shape index (κ1) is 8.70. The van der Waals surface area contributed by atoms with E-state index in [1.54, 1.807) is 0 Å². The molecule has 1 N–H and O–H groups in total. The molecule has 0 amide bonds. The van der Waals surface area contributed by atoms with Gasteiger partial charge in [-0.1, -0.05) is 19.1 Å². The van der Waals surface area contributed by atoms with Crippen molar-refractivity contribution in [2.45, 2.75) is 20.3 Å². The molecule has 0 fully saturated rings. The van der Waals surface area contributed by atoms with Crippen LogP contribution in [0.1, 0.15) is 20.3 Å². The molecule has 0 bridgehead atoms. The van der Waals surface area contributed by atoms with Crippen molar-refractivity contribution in [1.82, 2.24) is 5.32 Å². The highest BCUT2D eigenvalue weighted by Gasteiger charge is 1.94. The zero-order valence-electron chi connectivity index (χ0n) is 6.65. The minimum atomic E-state index is 0.770. The highest BCUT2D eigenvalue weighted by atomic mass is 14.8. The van der Waals surface area contributed by atoms with Gasteiger partial charge in [-0.3, -0.25) is 0 Å². The van der Waals surface area contributed by atoms with Crippen LogP contribution in [0.3, 0.4) is 0 Å². The first-order valence-corrected chi connectivity index (χ1v) is 3.57. The summed E-state index contributed by atoms with van der Waals surface area (Å²) >= 11 is 0. The van der Waals surface area contributed by atoms with E-state index >= 15 is 0 Å². The SMILES string of the molecule is C/C=C\CC(C)CNC. The second-order valence-electron chi connectivity index (χ2n) is 2.47. The van der Waals surface area contributed by atoms with Gasteiger partial charge in [-0.2, -0.15) is 0 Å². The fourth-order valence-corrected chi connectivity index (χ4v) is 0.800. The van der Waals surface area contributed by atoms with Gasteiger partial charge in [0.1, 0.15) is 0 Å². The van der Waals surface area contributed by atoms with E-state index in [1.807, 2.05) is 7.05 Å². The van der Waals surface area contributed by atoms with Gasteiger partial charge in [0.25, 0.3) is 0 Å². The summed E-state index contributed by atoms with van der Waals surface area (Å²) in [7, 11) is 1.99. The predicted molar refractivity (Wildman–Crippen MR) is 42.5 cm³/mol. The second kappa shape index (κ2) is 5.83. The van der Waals surface area contributed by atoms with Gasteiger partial charge in [0.05, 0.1) is 0 Å². The Labute approximate surface area is 58.2 Å². The number of nitrogens with one attached hydrogen (secondary N) is 1. The predicted octanol–water partition coefficient (Wildman–Crippen LogP) is 1.81. The van der Waals surface area contributed by atoms with Crippen molar-refractivity contribution in [2.75, 3.05) is 13.6 Å². The molecule has 9 heavy (non-hydrogen) atoms. The monoisotopic (exact) mass is 127 g/mol. The van der Waals surface area contributed by atoms with Crippen LogP contribution in [0.2, 0.25) is 0 Å². The fraction of sp³-hybridized carbons (Fsp3) is 0.750. The number of hydrogen-bond donors (Lipinski definition) is 1. The summed E-state index contributed by atoms with van der Waals surface area (Å²) < 4.78 is 0. The molecule has 0 aliphatic rings. The summed E-state index contributed by atoms with van der Waals surface area (Å²) in [6.07, 6.45) is 5.51. The van der Waals surface area contributed by atoms with Crippen molar-refractivity contribution in [3.8, 4) is 0 Å². The normalized spacial score (nSPS) is 14.6. The van der Waals surface area contributed by atoms with E-state index in [0.717, 1.165) is 12.5 Å². The summed E-state index contributed by atoms with van der Waals surface area (Å²) in [5, 5.41) is 3.14. The third-order valence-corrected chi connectivity index (χ3v) is 1.33. The average Bonchev–Trinajstić information content (AvgIpc) is 1.85. The van der Waals surface area contributed by atoms with Crippen LogP contribution in [0, 0.1) is 5.92 Å². The van der Waals surface area contributed by atoms with Crippen LogP contribution in [0.25, 0.3) is 0 Å². The minimum Gasteiger partial charge on any atom is -0.319 e. The molecule has 0 aliphatic carbocycles. The molecule has 0 saturated carbocycles. The molecule has 0 aromatic rings. The molecule has 0 saturated heterocycles. The van der Waals surface area contributed by atoms with E-state index in [2.05, 4.69) is 31.3 Å². The summed E-state index contributed by atoms with van der Waals surface area (Å²) in [4.78, 5) is 0. The molecule has 1 nitrogen and oxygen atoms in total. The summed E-state index contributed by atoms with van der Waals surface area (Å²) in [5.41, 5.74) is 0. The Hall–Kier alpha value is -0.300. The Morgan fingerprint density at radius 2 is 2.22 bits per heavy atom. The van der Waals surface area contributed by atoms with Crippen LogP contribution in [-0.4, -0.2) is 13.6 Å². The van der Waals surface area contributed by atoms with Crippen LogP contribution < -0.4 is 5.32 Å². The van der Waals surface area contributed by atoms with Crippen molar-refractivity contribution in [3.05, 3.63) is 12.2 Å². The molecular weight excluding hydrogens is 110 g/mol. The van der Waals surface area contributed by atoms with E-state index in [4.69, 9.17) is 0 Å². The van der Waals surface area contributed by atoms with Crippen LogP contribution in [0.4, 0.5) is 0 Å². The van der Waals surface area contributed by atoms with E-state index in [9.17, 15) is 0 Å². The standard InChI is InChI=1S/C8H17N/c1-4-5-6-8(2)7-9-3/h4-5,8-9H,6-7H2,1-3H3/b5-4-. The van der Waals surface area contributed by atoms with E-state index in [1.165, 1.54) is 6.42 Å². The first-order chi connectivity index (χ1) is 4.31. The lowest BCUT2D eigenvalue weighted by Crippen LogP contribution is -2.15. The van der Waals surface area contributed by atoms with Crippen LogP contribution in [0.15, 0.2) is 12.2 Å². The van der Waals surface area contributed by atoms with Gasteiger partial charge in [0.15, 0.2) is 0 Å². The molecule has 0 heterocycles. The van der Waals surface area contributed by atoms with Gasteiger partial charge >= 0.3 is 0 Å². The fourth-order valence-electron chi connectivity index (χ4n) is 0.800. The quantitative estimate of drug-likeness (QED) is 0.568. The molecule has 0 aromatic carbocycles. The topological polar surface area (TPSA) is 12.0 Å². The van der Waals surface area contributed by atoms with E-state index in [-0.39, 0.29) is 0 Å². The van der Waals surface area contributed by atoms with Crippen molar-refractivity contribution in [1.29, 1.82) is 0 Å². The van der Waals surface area contributed by atoms with Crippen LogP contribution in [0.5, 0.6) is 0 Å². The van der Waals surface area contributed by atoms with Crippen molar-refractivity contribution in [2.24, 2.45) is 5.92 Å². The van der Waals surface area contributed by atoms with Gasteiger partial charge < -0.3 is 5.32 Å². The smallest absolute Gasteiger partial charge is 0.00232 e. The maximum absolute atomic E-state index is 3.14. The molecule has 0 aliphatic heterocycles. The number of hydrogen-bond acceptors (Lipinski definition) is 1. The maximum atomic E-state index is 3.14. The van der Waals surface area contributed by atoms with Gasteiger partial charge in [-0.15, -0.1) is 0 Å². The zero-order chi connectivity index (χ0) is 7.11. The van der Waals surface area contributed by atoms with Gasteiger partial charge in [0, 0.05) is 0 Å². The van der Waals surface area contributed by atoms with Crippen LogP contribution >= 0.6 is 0 Å². The lowest BCUT2D eigenvalue weighted by atomic mass is 10.1. The Bertz CT molecular complexity index is 76.6. The van der Waals surface area contributed by atoms with E-state index < -0.39 is 0 Å². The Morgan fingerprint density at radius 1 is 1.56 bits per heavy atom. The highest BCUT2D eigenvalue weighted by Crippen LogP contribution is 1.99. The molecular formula is C8H17N. The largest absolute Gasteiger partial charge is 0.319 e. The lowest BCUT2D eigenvalue weighted by Gasteiger charge is -2.05. The van der Waals surface area contributed by atoms with Gasteiger partial charge in [0.2, 0.25) is 0 Å². The molecule has 1 heteroatoms. The number of rotatable bonds is 4. The van der Waals surface area contributed by atoms with Crippen LogP contribution in [-0.2, 0) is 0 Å². The van der Waals surface area contributed by atoms with E-state index in [0.29, 0.717) is 0 Å². The van der Waals surface area contributed by atoms with Gasteiger partial charge in [-0.05, 0) is 32.9 Å². The first-order valence-electron chi connectivity index (χ1n) is 3.57. The molecule has 0 spiro atoms.